The van der Waals surface area contributed by atoms with E-state index in [1.165, 1.54) is 6.42 Å². The third kappa shape index (κ3) is 2.55. The molecular formula is C17H22N2O2. The molecule has 1 aromatic rings. The molecule has 2 amide bonds. The summed E-state index contributed by atoms with van der Waals surface area (Å²) in [5.74, 6) is 0.643. The standard InChI is InChI=1S/C17H22N2O2/c1-12-6-5-9-19(11-12)17(21)16-14-8-4-3-7-13(14)10-15(20)18(16)2/h3-4,7-8,12,16H,5-6,9-11H2,1-2H3/t12-,16-/m1/s1. The zero-order valence-corrected chi connectivity index (χ0v) is 12.7. The van der Waals surface area contributed by atoms with E-state index >= 15 is 0 Å². The molecule has 4 nitrogen and oxygen atoms in total. The van der Waals surface area contributed by atoms with Gasteiger partial charge in [0.2, 0.25) is 11.8 Å². The van der Waals surface area contributed by atoms with Crippen LogP contribution in [0, 0.1) is 5.92 Å². The molecule has 1 fully saturated rings. The molecule has 1 aromatic carbocycles. The highest BCUT2D eigenvalue weighted by Crippen LogP contribution is 2.32. The fourth-order valence-corrected chi connectivity index (χ4v) is 3.46. The topological polar surface area (TPSA) is 40.6 Å². The van der Waals surface area contributed by atoms with Crippen LogP contribution in [0.5, 0.6) is 0 Å². The molecule has 0 aromatic heterocycles. The van der Waals surface area contributed by atoms with Crippen LogP contribution in [0.3, 0.4) is 0 Å². The molecule has 2 aliphatic heterocycles. The average Bonchev–Trinajstić information content (AvgIpc) is 2.48. The summed E-state index contributed by atoms with van der Waals surface area (Å²) in [6, 6.07) is 7.37. The molecule has 0 N–H and O–H groups in total. The summed E-state index contributed by atoms with van der Waals surface area (Å²) in [6.45, 7) is 3.80. The molecule has 0 unspecified atom stereocenters. The molecule has 3 rings (SSSR count). The predicted molar refractivity (Wildman–Crippen MR) is 80.6 cm³/mol. The van der Waals surface area contributed by atoms with Crippen molar-refractivity contribution in [2.24, 2.45) is 5.92 Å². The first-order valence-corrected chi connectivity index (χ1v) is 7.70. The molecule has 1 saturated heterocycles. The van der Waals surface area contributed by atoms with Crippen molar-refractivity contribution in [3.8, 4) is 0 Å². The summed E-state index contributed by atoms with van der Waals surface area (Å²) >= 11 is 0. The number of nitrogens with zero attached hydrogens (tertiary/aromatic N) is 2. The molecule has 112 valence electrons. The van der Waals surface area contributed by atoms with Gasteiger partial charge in [0.05, 0.1) is 6.42 Å². The first-order chi connectivity index (χ1) is 10.1. The molecule has 0 bridgehead atoms. The zero-order chi connectivity index (χ0) is 15.0. The van der Waals surface area contributed by atoms with Gasteiger partial charge in [-0.3, -0.25) is 9.59 Å². The lowest BCUT2D eigenvalue weighted by Gasteiger charge is -2.39. The Bertz CT molecular complexity index is 570. The molecule has 0 radical (unpaired) electrons. The minimum absolute atomic E-state index is 0.0251. The summed E-state index contributed by atoms with van der Waals surface area (Å²) < 4.78 is 0. The van der Waals surface area contributed by atoms with Crippen molar-refractivity contribution in [3.63, 3.8) is 0 Å². The van der Waals surface area contributed by atoms with Crippen LogP contribution in [0.15, 0.2) is 24.3 Å². The van der Waals surface area contributed by atoms with Crippen molar-refractivity contribution in [2.75, 3.05) is 20.1 Å². The van der Waals surface area contributed by atoms with Gasteiger partial charge < -0.3 is 9.80 Å². The molecule has 2 atom stereocenters. The van der Waals surface area contributed by atoms with Crippen LogP contribution in [0.1, 0.15) is 36.9 Å². The van der Waals surface area contributed by atoms with Crippen molar-refractivity contribution in [2.45, 2.75) is 32.2 Å². The Morgan fingerprint density at radius 1 is 1.29 bits per heavy atom. The molecule has 4 heteroatoms. The summed E-state index contributed by atoms with van der Waals surface area (Å²) in [7, 11) is 1.74. The predicted octanol–water partition coefficient (Wildman–Crippen LogP) is 2.00. The lowest BCUT2D eigenvalue weighted by Crippen LogP contribution is -2.49. The number of amides is 2. The first kappa shape index (κ1) is 14.1. The van der Waals surface area contributed by atoms with Gasteiger partial charge in [-0.2, -0.15) is 0 Å². The smallest absolute Gasteiger partial charge is 0.250 e. The fourth-order valence-electron chi connectivity index (χ4n) is 3.46. The highest BCUT2D eigenvalue weighted by molar-refractivity contribution is 5.92. The Morgan fingerprint density at radius 2 is 2.05 bits per heavy atom. The number of likely N-dealkylation sites (N-methyl/N-ethyl adjacent to an activating group) is 1. The zero-order valence-electron chi connectivity index (χ0n) is 12.7. The molecule has 2 heterocycles. The van der Waals surface area contributed by atoms with Crippen LogP contribution in [-0.4, -0.2) is 41.8 Å². The summed E-state index contributed by atoms with van der Waals surface area (Å²) in [5.41, 5.74) is 1.98. The van der Waals surface area contributed by atoms with E-state index < -0.39 is 6.04 Å². The van der Waals surface area contributed by atoms with E-state index in [2.05, 4.69) is 6.92 Å². The normalized spacial score (nSPS) is 25.7. The van der Waals surface area contributed by atoms with Gasteiger partial charge in [0, 0.05) is 20.1 Å². The van der Waals surface area contributed by atoms with Crippen LogP contribution in [0.25, 0.3) is 0 Å². The summed E-state index contributed by atoms with van der Waals surface area (Å²) in [5, 5.41) is 0. The molecule has 0 spiro atoms. The lowest BCUT2D eigenvalue weighted by molar-refractivity contribution is -0.146. The average molecular weight is 286 g/mol. The largest absolute Gasteiger partial charge is 0.340 e. The number of carbonyl (C=O) groups is 2. The van der Waals surface area contributed by atoms with Crippen LogP contribution in [0.2, 0.25) is 0 Å². The number of likely N-dealkylation sites (tertiary alicyclic amines) is 1. The van der Waals surface area contributed by atoms with Gasteiger partial charge in [-0.1, -0.05) is 31.2 Å². The maximum atomic E-state index is 12.9. The van der Waals surface area contributed by atoms with Crippen molar-refractivity contribution >= 4 is 11.8 Å². The van der Waals surface area contributed by atoms with Gasteiger partial charge in [0.25, 0.3) is 0 Å². The Kier molecular flexibility index (Phi) is 3.70. The SMILES string of the molecule is C[C@@H]1CCCN(C(=O)[C@H]2c3ccccc3CC(=O)N2C)C1. The number of carbonyl (C=O) groups excluding carboxylic acids is 2. The van der Waals surface area contributed by atoms with Crippen LogP contribution in [0.4, 0.5) is 0 Å². The monoisotopic (exact) mass is 286 g/mol. The highest BCUT2D eigenvalue weighted by atomic mass is 16.2. The number of fused-ring (bicyclic) bond motifs is 1. The number of rotatable bonds is 1. The number of hydrogen-bond acceptors (Lipinski definition) is 2. The maximum absolute atomic E-state index is 12.9. The second-order valence-corrected chi connectivity index (χ2v) is 6.31. The van der Waals surface area contributed by atoms with E-state index in [0.29, 0.717) is 12.3 Å². The summed E-state index contributed by atoms with van der Waals surface area (Å²) in [6.07, 6.45) is 2.63. The second kappa shape index (κ2) is 5.51. The van der Waals surface area contributed by atoms with E-state index in [1.54, 1.807) is 11.9 Å². The van der Waals surface area contributed by atoms with Crippen LogP contribution < -0.4 is 0 Å². The molecule has 0 aliphatic carbocycles. The quantitative estimate of drug-likeness (QED) is 0.792. The Morgan fingerprint density at radius 3 is 2.81 bits per heavy atom. The molecule has 0 saturated carbocycles. The Labute approximate surface area is 125 Å². The second-order valence-electron chi connectivity index (χ2n) is 6.31. The first-order valence-electron chi connectivity index (χ1n) is 7.70. The number of hydrogen-bond donors (Lipinski definition) is 0. The number of piperidine rings is 1. The van der Waals surface area contributed by atoms with Crippen molar-refractivity contribution in [1.29, 1.82) is 0 Å². The fraction of sp³-hybridized carbons (Fsp3) is 0.529. The van der Waals surface area contributed by atoms with Crippen LogP contribution >= 0.6 is 0 Å². The van der Waals surface area contributed by atoms with Gasteiger partial charge in [-0.05, 0) is 29.9 Å². The van der Waals surface area contributed by atoms with E-state index in [4.69, 9.17) is 0 Å². The van der Waals surface area contributed by atoms with E-state index in [9.17, 15) is 9.59 Å². The maximum Gasteiger partial charge on any atom is 0.250 e. The molecule has 2 aliphatic rings. The minimum Gasteiger partial charge on any atom is -0.340 e. The Balaban J connectivity index is 1.92. The van der Waals surface area contributed by atoms with Crippen molar-refractivity contribution in [1.82, 2.24) is 9.80 Å². The van der Waals surface area contributed by atoms with E-state index in [1.807, 2.05) is 29.2 Å². The third-order valence-electron chi connectivity index (χ3n) is 4.67. The van der Waals surface area contributed by atoms with Crippen LogP contribution in [-0.2, 0) is 16.0 Å². The Hall–Kier alpha value is -1.84. The van der Waals surface area contributed by atoms with Gasteiger partial charge in [0.15, 0.2) is 0 Å². The van der Waals surface area contributed by atoms with Crippen molar-refractivity contribution < 1.29 is 9.59 Å². The third-order valence-corrected chi connectivity index (χ3v) is 4.67. The lowest BCUT2D eigenvalue weighted by atomic mass is 9.90. The highest BCUT2D eigenvalue weighted by Gasteiger charge is 2.37. The van der Waals surface area contributed by atoms with Gasteiger partial charge in [-0.15, -0.1) is 0 Å². The van der Waals surface area contributed by atoms with Gasteiger partial charge in [-0.25, -0.2) is 0 Å². The van der Waals surface area contributed by atoms with Gasteiger partial charge >= 0.3 is 0 Å². The minimum atomic E-state index is -0.451. The summed E-state index contributed by atoms with van der Waals surface area (Å²) in [4.78, 5) is 28.7. The van der Waals surface area contributed by atoms with E-state index in [-0.39, 0.29) is 11.8 Å². The molecular weight excluding hydrogens is 264 g/mol. The molecule has 21 heavy (non-hydrogen) atoms. The van der Waals surface area contributed by atoms with Gasteiger partial charge in [0.1, 0.15) is 6.04 Å². The number of benzene rings is 1. The van der Waals surface area contributed by atoms with E-state index in [0.717, 1.165) is 30.6 Å². The van der Waals surface area contributed by atoms with Crippen molar-refractivity contribution in [3.05, 3.63) is 35.4 Å².